The molecule has 21 heavy (non-hydrogen) atoms. The number of thioether (sulfide) groups is 1. The lowest BCUT2D eigenvalue weighted by atomic mass is 10.2. The van der Waals surface area contributed by atoms with Crippen LogP contribution in [0.15, 0.2) is 66.1 Å². The lowest BCUT2D eigenvalue weighted by molar-refractivity contribution is 0.617. The van der Waals surface area contributed by atoms with Crippen LogP contribution in [0.5, 0.6) is 0 Å². The third kappa shape index (κ3) is 3.12. The third-order valence-corrected chi connectivity index (χ3v) is 4.40. The summed E-state index contributed by atoms with van der Waals surface area (Å²) in [6.07, 6.45) is 3.62. The third-order valence-electron chi connectivity index (χ3n) is 3.05. The minimum absolute atomic E-state index is 0.284. The SMILES string of the molecule is Fc1cccc(Cl)c1CSc1nccn1-c1ccccc1. The first kappa shape index (κ1) is 14.2. The first-order valence-electron chi connectivity index (χ1n) is 6.40. The van der Waals surface area contributed by atoms with Crippen LogP contribution in [0.3, 0.4) is 0 Å². The summed E-state index contributed by atoms with van der Waals surface area (Å²) in [4.78, 5) is 4.33. The molecule has 5 heteroatoms. The van der Waals surface area contributed by atoms with Crippen LogP contribution in [-0.2, 0) is 5.75 Å². The number of hydrogen-bond donors (Lipinski definition) is 0. The molecule has 0 aliphatic rings. The zero-order valence-corrected chi connectivity index (χ0v) is 12.6. The van der Waals surface area contributed by atoms with Crippen molar-refractivity contribution < 1.29 is 4.39 Å². The summed E-state index contributed by atoms with van der Waals surface area (Å²) < 4.78 is 15.7. The molecule has 0 saturated carbocycles. The summed E-state index contributed by atoms with van der Waals surface area (Å²) in [7, 11) is 0. The van der Waals surface area contributed by atoms with E-state index in [0.717, 1.165) is 10.8 Å². The molecule has 0 aliphatic heterocycles. The Morgan fingerprint density at radius 1 is 1.10 bits per heavy atom. The lowest BCUT2D eigenvalue weighted by Crippen LogP contribution is -1.96. The molecule has 3 aromatic rings. The average molecular weight is 319 g/mol. The summed E-state index contributed by atoms with van der Waals surface area (Å²) in [5.41, 5.74) is 1.53. The highest BCUT2D eigenvalue weighted by Crippen LogP contribution is 2.28. The first-order chi connectivity index (χ1) is 10.3. The molecule has 3 rings (SSSR count). The number of benzene rings is 2. The molecule has 0 radical (unpaired) electrons. The molecule has 0 aliphatic carbocycles. The van der Waals surface area contributed by atoms with Crippen molar-refractivity contribution in [1.82, 2.24) is 9.55 Å². The summed E-state index contributed by atoms with van der Waals surface area (Å²) in [6, 6.07) is 14.6. The van der Waals surface area contributed by atoms with Crippen LogP contribution in [0, 0.1) is 5.82 Å². The molecule has 0 amide bonds. The minimum Gasteiger partial charge on any atom is -0.295 e. The van der Waals surface area contributed by atoms with Crippen LogP contribution in [0.2, 0.25) is 5.02 Å². The van der Waals surface area contributed by atoms with Crippen molar-refractivity contribution in [1.29, 1.82) is 0 Å². The monoisotopic (exact) mass is 318 g/mol. The standard InChI is InChI=1S/C16H12ClFN2S/c17-14-7-4-8-15(18)13(14)11-21-16-19-9-10-20(16)12-5-2-1-3-6-12/h1-10H,11H2. The van der Waals surface area contributed by atoms with Crippen LogP contribution >= 0.6 is 23.4 Å². The largest absolute Gasteiger partial charge is 0.295 e. The minimum atomic E-state index is -0.284. The zero-order chi connectivity index (χ0) is 14.7. The fourth-order valence-electron chi connectivity index (χ4n) is 1.99. The summed E-state index contributed by atoms with van der Waals surface area (Å²) >= 11 is 7.50. The summed E-state index contributed by atoms with van der Waals surface area (Å²) in [5, 5.41) is 1.25. The molecule has 0 N–H and O–H groups in total. The van der Waals surface area contributed by atoms with Gasteiger partial charge in [-0.25, -0.2) is 9.37 Å². The summed E-state index contributed by atoms with van der Waals surface area (Å²) in [5.74, 6) is 0.155. The first-order valence-corrected chi connectivity index (χ1v) is 7.76. The Hall–Kier alpha value is -1.78. The average Bonchev–Trinajstić information content (AvgIpc) is 2.96. The van der Waals surface area contributed by atoms with Gasteiger partial charge in [-0.05, 0) is 24.3 Å². The molecule has 0 atom stereocenters. The Balaban J connectivity index is 1.83. The van der Waals surface area contributed by atoms with Gasteiger partial charge >= 0.3 is 0 Å². The van der Waals surface area contributed by atoms with Gasteiger partial charge in [0.2, 0.25) is 0 Å². The highest BCUT2D eigenvalue weighted by molar-refractivity contribution is 7.98. The van der Waals surface area contributed by atoms with Crippen LogP contribution in [0.4, 0.5) is 4.39 Å². The molecular formula is C16H12ClFN2S. The molecule has 0 fully saturated rings. The van der Waals surface area contributed by atoms with E-state index in [-0.39, 0.29) is 5.82 Å². The van der Waals surface area contributed by atoms with E-state index in [1.165, 1.54) is 17.8 Å². The second-order valence-corrected chi connectivity index (χ2v) is 5.75. The van der Waals surface area contributed by atoms with Crippen LogP contribution < -0.4 is 0 Å². The van der Waals surface area contributed by atoms with Gasteiger partial charge in [0, 0.05) is 34.4 Å². The van der Waals surface area contributed by atoms with Crippen molar-refractivity contribution in [3.8, 4) is 5.69 Å². The van der Waals surface area contributed by atoms with Gasteiger partial charge < -0.3 is 0 Å². The number of hydrogen-bond acceptors (Lipinski definition) is 2. The molecule has 1 aromatic heterocycles. The molecular weight excluding hydrogens is 307 g/mol. The fourth-order valence-corrected chi connectivity index (χ4v) is 3.31. The normalized spacial score (nSPS) is 10.8. The van der Waals surface area contributed by atoms with Crippen LogP contribution in [-0.4, -0.2) is 9.55 Å². The van der Waals surface area contributed by atoms with Gasteiger partial charge in [0.15, 0.2) is 5.16 Å². The van der Waals surface area contributed by atoms with E-state index in [4.69, 9.17) is 11.6 Å². The van der Waals surface area contributed by atoms with Crippen LogP contribution in [0.1, 0.15) is 5.56 Å². The molecule has 0 bridgehead atoms. The number of rotatable bonds is 4. The number of imidazole rings is 1. The predicted octanol–water partition coefficient (Wildman–Crippen LogP) is 4.96. The van der Waals surface area contributed by atoms with E-state index in [1.54, 1.807) is 18.3 Å². The maximum Gasteiger partial charge on any atom is 0.172 e. The summed E-state index contributed by atoms with van der Waals surface area (Å²) in [6.45, 7) is 0. The van der Waals surface area contributed by atoms with E-state index < -0.39 is 0 Å². The molecule has 106 valence electrons. The molecule has 0 saturated heterocycles. The fraction of sp³-hybridized carbons (Fsp3) is 0.0625. The van der Waals surface area contributed by atoms with E-state index in [2.05, 4.69) is 4.98 Å². The molecule has 1 heterocycles. The molecule has 0 spiro atoms. The Labute approximate surface area is 131 Å². The van der Waals surface area contributed by atoms with Gasteiger partial charge in [0.05, 0.1) is 0 Å². The second kappa shape index (κ2) is 6.33. The van der Waals surface area contributed by atoms with Gasteiger partial charge in [0.1, 0.15) is 5.82 Å². The smallest absolute Gasteiger partial charge is 0.172 e. The van der Waals surface area contributed by atoms with Crippen molar-refractivity contribution in [3.05, 3.63) is 77.3 Å². The van der Waals surface area contributed by atoms with Gasteiger partial charge in [-0.15, -0.1) is 0 Å². The Kier molecular flexibility index (Phi) is 4.27. The predicted molar refractivity (Wildman–Crippen MR) is 84.5 cm³/mol. The lowest BCUT2D eigenvalue weighted by Gasteiger charge is -2.08. The van der Waals surface area contributed by atoms with Crippen molar-refractivity contribution in [2.75, 3.05) is 0 Å². The number of para-hydroxylation sites is 1. The highest BCUT2D eigenvalue weighted by atomic mass is 35.5. The maximum atomic E-state index is 13.8. The molecule has 2 aromatic carbocycles. The molecule has 2 nitrogen and oxygen atoms in total. The topological polar surface area (TPSA) is 17.8 Å². The van der Waals surface area contributed by atoms with E-state index in [9.17, 15) is 4.39 Å². The quantitative estimate of drug-likeness (QED) is 0.633. The van der Waals surface area contributed by atoms with E-state index in [0.29, 0.717) is 16.3 Å². The highest BCUT2D eigenvalue weighted by Gasteiger charge is 2.10. The zero-order valence-electron chi connectivity index (χ0n) is 11.0. The number of aromatic nitrogens is 2. The molecule has 0 unspecified atom stereocenters. The second-order valence-electron chi connectivity index (χ2n) is 4.40. The van der Waals surface area contributed by atoms with E-state index in [1.807, 2.05) is 41.1 Å². The Morgan fingerprint density at radius 3 is 2.67 bits per heavy atom. The van der Waals surface area contributed by atoms with Crippen molar-refractivity contribution in [3.63, 3.8) is 0 Å². The number of halogens is 2. The van der Waals surface area contributed by atoms with Crippen molar-refractivity contribution in [2.24, 2.45) is 0 Å². The van der Waals surface area contributed by atoms with Crippen molar-refractivity contribution in [2.45, 2.75) is 10.9 Å². The van der Waals surface area contributed by atoms with E-state index >= 15 is 0 Å². The Morgan fingerprint density at radius 2 is 1.90 bits per heavy atom. The van der Waals surface area contributed by atoms with Gasteiger partial charge in [0.25, 0.3) is 0 Å². The van der Waals surface area contributed by atoms with Gasteiger partial charge in [-0.1, -0.05) is 47.6 Å². The van der Waals surface area contributed by atoms with Gasteiger partial charge in [-0.3, -0.25) is 4.57 Å². The Bertz CT molecular complexity index is 723. The van der Waals surface area contributed by atoms with Crippen molar-refractivity contribution >= 4 is 23.4 Å². The number of nitrogens with zero attached hydrogens (tertiary/aromatic N) is 2. The van der Waals surface area contributed by atoms with Crippen LogP contribution in [0.25, 0.3) is 5.69 Å². The van der Waals surface area contributed by atoms with Gasteiger partial charge in [-0.2, -0.15) is 0 Å². The maximum absolute atomic E-state index is 13.8.